The molecule has 0 radical (unpaired) electrons. The number of nitrogens with two attached hydrogens (primary N) is 1. The van der Waals surface area contributed by atoms with Crippen LogP contribution in [0.3, 0.4) is 0 Å². The molecule has 1 aliphatic carbocycles. The summed E-state index contributed by atoms with van der Waals surface area (Å²) in [6.45, 7) is 2.07. The molecular weight excluding hydrogens is 356 g/mol. The molecule has 0 heterocycles. The van der Waals surface area contributed by atoms with Crippen LogP contribution in [0.1, 0.15) is 42.9 Å². The summed E-state index contributed by atoms with van der Waals surface area (Å²) in [6.07, 6.45) is 9.90. The first kappa shape index (κ1) is 19.6. The largest absolute Gasteiger partial charge is 0.308 e. The van der Waals surface area contributed by atoms with Gasteiger partial charge in [-0.15, -0.1) is 6.42 Å². The van der Waals surface area contributed by atoms with Gasteiger partial charge >= 0.3 is 0 Å². The number of rotatable bonds is 7. The summed E-state index contributed by atoms with van der Waals surface area (Å²) in [4.78, 5) is 0.229. The summed E-state index contributed by atoms with van der Waals surface area (Å²) in [5.41, 5.74) is 8.59. The molecule has 5 heteroatoms. The highest BCUT2D eigenvalue weighted by Crippen LogP contribution is 2.40. The minimum absolute atomic E-state index is 0.0647. The van der Waals surface area contributed by atoms with Crippen LogP contribution in [-0.2, 0) is 28.5 Å². The van der Waals surface area contributed by atoms with Crippen LogP contribution in [0.5, 0.6) is 0 Å². The van der Waals surface area contributed by atoms with E-state index in [1.807, 2.05) is 36.4 Å². The van der Waals surface area contributed by atoms with Gasteiger partial charge in [0.15, 0.2) is 0 Å². The zero-order valence-corrected chi connectivity index (χ0v) is 16.5. The highest BCUT2D eigenvalue weighted by Gasteiger charge is 2.46. The Morgan fingerprint density at radius 3 is 2.56 bits per heavy atom. The first-order valence-electron chi connectivity index (χ1n) is 9.36. The van der Waals surface area contributed by atoms with E-state index < -0.39 is 15.7 Å². The number of hydrogen-bond donors (Lipinski definition) is 1. The predicted molar refractivity (Wildman–Crippen MR) is 108 cm³/mol. The number of terminal acetylenes is 1. The van der Waals surface area contributed by atoms with Gasteiger partial charge in [-0.1, -0.05) is 55.7 Å². The standard InChI is InChI=1S/C22H26N2O2S/c1-3-5-8-18-11-13-20(14-12-18)27(25,26)24(17-4-2)22(23)16-15-19-9-6-7-10-21(19)22/h2,6-7,9-14H,3,5,8,15-17,23H2,1H3. The van der Waals surface area contributed by atoms with Crippen molar-refractivity contribution in [3.8, 4) is 12.3 Å². The fourth-order valence-corrected chi connectivity index (χ4v) is 5.34. The molecule has 2 aromatic rings. The average Bonchev–Trinajstić information content (AvgIpc) is 3.02. The topological polar surface area (TPSA) is 63.4 Å². The van der Waals surface area contributed by atoms with Gasteiger partial charge in [0.05, 0.1) is 11.4 Å². The Bertz CT molecular complexity index is 945. The molecule has 27 heavy (non-hydrogen) atoms. The van der Waals surface area contributed by atoms with E-state index in [2.05, 4.69) is 12.8 Å². The first-order valence-corrected chi connectivity index (χ1v) is 10.8. The summed E-state index contributed by atoms with van der Waals surface area (Å²) in [5, 5.41) is 0. The smallest absolute Gasteiger partial charge is 0.245 e. The maximum Gasteiger partial charge on any atom is 0.245 e. The summed E-state index contributed by atoms with van der Waals surface area (Å²) >= 11 is 0. The number of unbranched alkanes of at least 4 members (excludes halogenated alkanes) is 1. The third kappa shape index (κ3) is 3.66. The maximum absolute atomic E-state index is 13.4. The fourth-order valence-electron chi connectivity index (χ4n) is 3.74. The van der Waals surface area contributed by atoms with Crippen molar-refractivity contribution in [2.45, 2.75) is 49.6 Å². The van der Waals surface area contributed by atoms with Gasteiger partial charge in [0.1, 0.15) is 5.66 Å². The molecule has 4 nitrogen and oxygen atoms in total. The van der Waals surface area contributed by atoms with Crippen LogP contribution in [-0.4, -0.2) is 19.3 Å². The summed E-state index contributed by atoms with van der Waals surface area (Å²) in [6, 6.07) is 14.8. The Balaban J connectivity index is 1.98. The van der Waals surface area contributed by atoms with Crippen LogP contribution in [0.15, 0.2) is 53.4 Å². The van der Waals surface area contributed by atoms with Crippen LogP contribution in [0.25, 0.3) is 0 Å². The van der Waals surface area contributed by atoms with E-state index in [0.717, 1.165) is 42.4 Å². The van der Waals surface area contributed by atoms with Gasteiger partial charge in [0, 0.05) is 0 Å². The van der Waals surface area contributed by atoms with Gasteiger partial charge in [0.2, 0.25) is 10.0 Å². The molecule has 0 fully saturated rings. The van der Waals surface area contributed by atoms with Crippen LogP contribution < -0.4 is 5.73 Å². The van der Waals surface area contributed by atoms with Crippen molar-refractivity contribution in [3.63, 3.8) is 0 Å². The predicted octanol–water partition coefficient (Wildman–Crippen LogP) is 3.41. The number of benzene rings is 2. The Kier molecular flexibility index (Phi) is 5.71. The molecule has 0 bridgehead atoms. The number of nitrogens with zero attached hydrogens (tertiary/aromatic N) is 1. The lowest BCUT2D eigenvalue weighted by Gasteiger charge is -2.36. The second-order valence-electron chi connectivity index (χ2n) is 7.04. The van der Waals surface area contributed by atoms with Crippen molar-refractivity contribution in [2.24, 2.45) is 5.73 Å². The Morgan fingerprint density at radius 1 is 1.19 bits per heavy atom. The second-order valence-corrected chi connectivity index (χ2v) is 8.91. The zero-order chi connectivity index (χ0) is 19.5. The van der Waals surface area contributed by atoms with Crippen LogP contribution in [0.4, 0.5) is 0 Å². The highest BCUT2D eigenvalue weighted by molar-refractivity contribution is 7.89. The van der Waals surface area contributed by atoms with Crippen LogP contribution in [0.2, 0.25) is 0 Å². The number of hydrogen-bond acceptors (Lipinski definition) is 3. The molecular formula is C22H26N2O2S. The van der Waals surface area contributed by atoms with E-state index in [4.69, 9.17) is 12.2 Å². The summed E-state index contributed by atoms with van der Waals surface area (Å²) in [5.74, 6) is 2.48. The molecule has 3 rings (SSSR count). The number of aryl methyl sites for hydroxylation is 2. The summed E-state index contributed by atoms with van der Waals surface area (Å²) in [7, 11) is -3.82. The molecule has 2 aromatic carbocycles. The molecule has 0 amide bonds. The van der Waals surface area contributed by atoms with Crippen LogP contribution >= 0.6 is 0 Å². The van der Waals surface area contributed by atoms with Gasteiger partial charge in [-0.3, -0.25) is 0 Å². The summed E-state index contributed by atoms with van der Waals surface area (Å²) < 4.78 is 28.1. The Morgan fingerprint density at radius 2 is 1.89 bits per heavy atom. The van der Waals surface area contributed by atoms with Crippen molar-refractivity contribution in [2.75, 3.05) is 6.54 Å². The maximum atomic E-state index is 13.4. The van der Waals surface area contributed by atoms with Crippen molar-refractivity contribution >= 4 is 10.0 Å². The molecule has 142 valence electrons. The quantitative estimate of drug-likeness (QED) is 0.590. The number of sulfonamides is 1. The van der Waals surface area contributed by atoms with Gasteiger partial charge in [-0.2, -0.15) is 4.31 Å². The molecule has 0 aliphatic heterocycles. The van der Waals surface area contributed by atoms with Gasteiger partial charge in [-0.05, 0) is 54.5 Å². The lowest BCUT2D eigenvalue weighted by atomic mass is 10.0. The average molecular weight is 383 g/mol. The van der Waals surface area contributed by atoms with E-state index in [-0.39, 0.29) is 11.4 Å². The Labute approximate surface area is 162 Å². The van der Waals surface area contributed by atoms with Crippen LogP contribution in [0, 0.1) is 12.3 Å². The first-order chi connectivity index (χ1) is 12.9. The molecule has 0 spiro atoms. The van der Waals surface area contributed by atoms with Crippen molar-refractivity contribution < 1.29 is 8.42 Å². The minimum atomic E-state index is -3.82. The lowest BCUT2D eigenvalue weighted by molar-refractivity contribution is 0.210. The zero-order valence-electron chi connectivity index (χ0n) is 15.7. The Hall–Kier alpha value is -2.13. The molecule has 1 atom stereocenters. The van der Waals surface area contributed by atoms with E-state index in [1.165, 1.54) is 4.31 Å². The molecule has 0 aromatic heterocycles. The van der Waals surface area contributed by atoms with E-state index in [0.29, 0.717) is 6.42 Å². The van der Waals surface area contributed by atoms with Crippen molar-refractivity contribution in [3.05, 3.63) is 65.2 Å². The lowest BCUT2D eigenvalue weighted by Crippen LogP contribution is -2.54. The minimum Gasteiger partial charge on any atom is -0.308 e. The molecule has 0 saturated carbocycles. The van der Waals surface area contributed by atoms with E-state index in [1.54, 1.807) is 12.1 Å². The third-order valence-corrected chi connectivity index (χ3v) is 7.17. The molecule has 1 unspecified atom stereocenters. The van der Waals surface area contributed by atoms with Gasteiger partial charge in [-0.25, -0.2) is 8.42 Å². The van der Waals surface area contributed by atoms with Crippen molar-refractivity contribution in [1.82, 2.24) is 4.31 Å². The van der Waals surface area contributed by atoms with E-state index in [9.17, 15) is 8.42 Å². The molecule has 1 aliphatic rings. The van der Waals surface area contributed by atoms with Crippen molar-refractivity contribution in [1.29, 1.82) is 0 Å². The van der Waals surface area contributed by atoms with Gasteiger partial charge in [0.25, 0.3) is 0 Å². The number of fused-ring (bicyclic) bond motifs is 1. The van der Waals surface area contributed by atoms with E-state index >= 15 is 0 Å². The highest BCUT2D eigenvalue weighted by atomic mass is 32.2. The monoisotopic (exact) mass is 382 g/mol. The SMILES string of the molecule is C#CCN(C1(N)CCc2ccccc21)S(=O)(=O)c1ccc(CCCC)cc1. The van der Waals surface area contributed by atoms with Gasteiger partial charge < -0.3 is 5.73 Å². The third-order valence-electron chi connectivity index (χ3n) is 5.27. The second kappa shape index (κ2) is 7.85. The normalized spacial score (nSPS) is 19.0. The molecule has 0 saturated heterocycles. The molecule has 2 N–H and O–H groups in total. The fraction of sp³-hybridized carbons (Fsp3) is 0.364.